The molecule has 0 unspecified atom stereocenters. The number of rotatable bonds is 5. The maximum atomic E-state index is 4.44. The van der Waals surface area contributed by atoms with Gasteiger partial charge < -0.3 is 10.2 Å². The molecule has 1 spiro atoms. The highest BCUT2D eigenvalue weighted by atomic mass is 127. The molecular weight excluding hydrogens is 349 g/mol. The summed E-state index contributed by atoms with van der Waals surface area (Å²) in [5.41, 5.74) is 0.666. The SMILES string of the molecule is CCCCCCNC(=NC)N1CCC2(CCC2)C1.I. The molecule has 1 heterocycles. The fraction of sp³-hybridized carbons (Fsp3) is 0.933. The molecule has 19 heavy (non-hydrogen) atoms. The van der Waals surface area contributed by atoms with Crippen LogP contribution in [0.25, 0.3) is 0 Å². The van der Waals surface area contributed by atoms with Crippen molar-refractivity contribution >= 4 is 29.9 Å². The van der Waals surface area contributed by atoms with Crippen molar-refractivity contribution in [2.75, 3.05) is 26.7 Å². The second kappa shape index (κ2) is 8.32. The zero-order valence-electron chi connectivity index (χ0n) is 12.6. The number of aliphatic imine (C=N–C) groups is 1. The molecule has 2 rings (SSSR count). The number of unbranched alkanes of at least 4 members (excludes halogenated alkanes) is 3. The van der Waals surface area contributed by atoms with E-state index in [0.717, 1.165) is 12.5 Å². The molecular formula is C15H30IN3. The quantitative estimate of drug-likeness (QED) is 0.342. The van der Waals surface area contributed by atoms with Gasteiger partial charge in [-0.2, -0.15) is 0 Å². The summed E-state index contributed by atoms with van der Waals surface area (Å²) >= 11 is 0. The monoisotopic (exact) mass is 379 g/mol. The second-order valence-corrected chi connectivity index (χ2v) is 6.06. The Labute approximate surface area is 135 Å². The van der Waals surface area contributed by atoms with Crippen LogP contribution in [0.15, 0.2) is 4.99 Å². The molecule has 0 atom stereocenters. The van der Waals surface area contributed by atoms with E-state index in [0.29, 0.717) is 5.41 Å². The molecule has 0 bridgehead atoms. The topological polar surface area (TPSA) is 27.6 Å². The summed E-state index contributed by atoms with van der Waals surface area (Å²) in [6.07, 6.45) is 11.0. The van der Waals surface area contributed by atoms with Crippen molar-refractivity contribution in [1.82, 2.24) is 10.2 Å². The largest absolute Gasteiger partial charge is 0.356 e. The number of halogens is 1. The van der Waals surface area contributed by atoms with Crippen molar-refractivity contribution in [2.24, 2.45) is 10.4 Å². The van der Waals surface area contributed by atoms with Crippen LogP contribution >= 0.6 is 24.0 Å². The van der Waals surface area contributed by atoms with Gasteiger partial charge in [0.1, 0.15) is 0 Å². The van der Waals surface area contributed by atoms with Crippen LogP contribution in [-0.2, 0) is 0 Å². The normalized spacial score (nSPS) is 21.2. The van der Waals surface area contributed by atoms with Gasteiger partial charge >= 0.3 is 0 Å². The van der Waals surface area contributed by atoms with Gasteiger partial charge in [-0.3, -0.25) is 4.99 Å². The van der Waals surface area contributed by atoms with Gasteiger partial charge in [-0.25, -0.2) is 0 Å². The lowest BCUT2D eigenvalue weighted by Crippen LogP contribution is -2.42. The summed E-state index contributed by atoms with van der Waals surface area (Å²) in [4.78, 5) is 6.91. The molecule has 112 valence electrons. The molecule has 0 aromatic carbocycles. The molecule has 0 aromatic heterocycles. The van der Waals surface area contributed by atoms with Gasteiger partial charge in [-0.1, -0.05) is 32.6 Å². The average Bonchev–Trinajstić information content (AvgIpc) is 2.79. The fourth-order valence-corrected chi connectivity index (χ4v) is 3.29. The standard InChI is InChI=1S/C15H29N3.HI/c1-3-4-5-6-11-17-14(16-2)18-12-10-15(13-18)8-7-9-15;/h3-13H2,1-2H3,(H,16,17);1H. The highest BCUT2D eigenvalue weighted by Gasteiger charge is 2.43. The van der Waals surface area contributed by atoms with E-state index in [1.807, 2.05) is 7.05 Å². The summed E-state index contributed by atoms with van der Waals surface area (Å²) in [7, 11) is 1.92. The van der Waals surface area contributed by atoms with Crippen molar-refractivity contribution in [1.29, 1.82) is 0 Å². The van der Waals surface area contributed by atoms with E-state index in [4.69, 9.17) is 0 Å². The third kappa shape index (κ3) is 4.50. The van der Waals surface area contributed by atoms with Crippen LogP contribution in [0.4, 0.5) is 0 Å². The van der Waals surface area contributed by atoms with Crippen molar-refractivity contribution < 1.29 is 0 Å². The van der Waals surface area contributed by atoms with E-state index in [9.17, 15) is 0 Å². The molecule has 1 N–H and O–H groups in total. The molecule has 4 heteroatoms. The predicted molar refractivity (Wildman–Crippen MR) is 93.4 cm³/mol. The van der Waals surface area contributed by atoms with Gasteiger partial charge in [0.05, 0.1) is 0 Å². The molecule has 3 nitrogen and oxygen atoms in total. The smallest absolute Gasteiger partial charge is 0.193 e. The first-order valence-electron chi connectivity index (χ1n) is 7.75. The molecule has 0 amide bonds. The zero-order chi connectivity index (χ0) is 12.8. The van der Waals surface area contributed by atoms with E-state index >= 15 is 0 Å². The summed E-state index contributed by atoms with van der Waals surface area (Å²) in [6.45, 7) is 5.78. The predicted octanol–water partition coefficient (Wildman–Crippen LogP) is 3.64. The maximum absolute atomic E-state index is 4.44. The Morgan fingerprint density at radius 3 is 2.53 bits per heavy atom. The van der Waals surface area contributed by atoms with Gasteiger partial charge in [-0.15, -0.1) is 24.0 Å². The lowest BCUT2D eigenvalue weighted by Gasteiger charge is -2.38. The van der Waals surface area contributed by atoms with E-state index in [1.54, 1.807) is 0 Å². The van der Waals surface area contributed by atoms with Crippen LogP contribution in [-0.4, -0.2) is 37.5 Å². The molecule has 1 aliphatic carbocycles. The third-order valence-electron chi connectivity index (χ3n) is 4.68. The highest BCUT2D eigenvalue weighted by Crippen LogP contribution is 2.47. The molecule has 1 saturated carbocycles. The van der Waals surface area contributed by atoms with Crippen LogP contribution < -0.4 is 5.32 Å². The Morgan fingerprint density at radius 2 is 2.00 bits per heavy atom. The van der Waals surface area contributed by atoms with E-state index in [1.165, 1.54) is 64.5 Å². The second-order valence-electron chi connectivity index (χ2n) is 6.06. The lowest BCUT2D eigenvalue weighted by atomic mass is 9.68. The lowest BCUT2D eigenvalue weighted by molar-refractivity contribution is 0.151. The number of hydrogen-bond acceptors (Lipinski definition) is 1. The highest BCUT2D eigenvalue weighted by molar-refractivity contribution is 14.0. The molecule has 1 aliphatic heterocycles. The summed E-state index contributed by atoms with van der Waals surface area (Å²) < 4.78 is 0. The van der Waals surface area contributed by atoms with Gasteiger partial charge in [0.25, 0.3) is 0 Å². The van der Waals surface area contributed by atoms with Crippen LogP contribution in [0.5, 0.6) is 0 Å². The van der Waals surface area contributed by atoms with Crippen LogP contribution in [0.2, 0.25) is 0 Å². The number of likely N-dealkylation sites (tertiary alicyclic amines) is 1. The Bertz CT molecular complexity index is 287. The molecule has 0 aromatic rings. The minimum absolute atomic E-state index is 0. The van der Waals surface area contributed by atoms with Crippen molar-refractivity contribution in [3.8, 4) is 0 Å². The summed E-state index contributed by atoms with van der Waals surface area (Å²) in [5.74, 6) is 1.13. The molecule has 1 saturated heterocycles. The number of hydrogen-bond donors (Lipinski definition) is 1. The fourth-order valence-electron chi connectivity index (χ4n) is 3.29. The van der Waals surface area contributed by atoms with E-state index in [-0.39, 0.29) is 24.0 Å². The Morgan fingerprint density at radius 1 is 1.21 bits per heavy atom. The summed E-state index contributed by atoms with van der Waals surface area (Å²) in [6, 6.07) is 0. The number of nitrogens with one attached hydrogen (secondary N) is 1. The van der Waals surface area contributed by atoms with Crippen molar-refractivity contribution in [3.05, 3.63) is 0 Å². The Balaban J connectivity index is 0.00000180. The van der Waals surface area contributed by atoms with E-state index in [2.05, 4.69) is 22.1 Å². The van der Waals surface area contributed by atoms with Crippen LogP contribution in [0.3, 0.4) is 0 Å². The van der Waals surface area contributed by atoms with Gasteiger partial charge in [0, 0.05) is 26.7 Å². The third-order valence-corrected chi connectivity index (χ3v) is 4.68. The first kappa shape index (κ1) is 17.1. The maximum Gasteiger partial charge on any atom is 0.193 e. The van der Waals surface area contributed by atoms with Crippen LogP contribution in [0.1, 0.15) is 58.3 Å². The molecule has 2 fully saturated rings. The Kier molecular flexibility index (Phi) is 7.47. The van der Waals surface area contributed by atoms with Gasteiger partial charge in [0.15, 0.2) is 5.96 Å². The first-order valence-corrected chi connectivity index (χ1v) is 7.75. The first-order chi connectivity index (χ1) is 8.79. The number of guanidine groups is 1. The van der Waals surface area contributed by atoms with Crippen molar-refractivity contribution in [2.45, 2.75) is 58.3 Å². The molecule has 0 radical (unpaired) electrons. The van der Waals surface area contributed by atoms with Crippen molar-refractivity contribution in [3.63, 3.8) is 0 Å². The van der Waals surface area contributed by atoms with Gasteiger partial charge in [0.2, 0.25) is 0 Å². The van der Waals surface area contributed by atoms with Gasteiger partial charge in [-0.05, 0) is 31.1 Å². The number of nitrogens with zero attached hydrogens (tertiary/aromatic N) is 2. The van der Waals surface area contributed by atoms with E-state index < -0.39 is 0 Å². The molecule has 2 aliphatic rings. The Hall–Kier alpha value is 0. The van der Waals surface area contributed by atoms with Crippen LogP contribution in [0, 0.1) is 5.41 Å². The minimum atomic E-state index is 0. The average molecular weight is 379 g/mol. The zero-order valence-corrected chi connectivity index (χ0v) is 14.9. The summed E-state index contributed by atoms with van der Waals surface area (Å²) in [5, 5.41) is 3.53. The minimum Gasteiger partial charge on any atom is -0.356 e.